The van der Waals surface area contributed by atoms with E-state index in [0.717, 1.165) is 0 Å². The van der Waals surface area contributed by atoms with Gasteiger partial charge in [-0.25, -0.2) is 14.6 Å². The third kappa shape index (κ3) is 2.15. The molecule has 0 radical (unpaired) electrons. The van der Waals surface area contributed by atoms with E-state index in [2.05, 4.69) is 15.1 Å². The van der Waals surface area contributed by atoms with Crippen LogP contribution in [0.25, 0.3) is 11.0 Å². The minimum absolute atomic E-state index is 0.311. The van der Waals surface area contributed by atoms with Gasteiger partial charge in [0.2, 0.25) is 5.88 Å². The van der Waals surface area contributed by atoms with Crippen LogP contribution in [0.2, 0.25) is 0 Å². The van der Waals surface area contributed by atoms with Crippen LogP contribution in [0, 0.1) is 6.92 Å². The number of anilines is 1. The third-order valence-corrected chi connectivity index (χ3v) is 2.17. The average molecular weight is 235 g/mol. The van der Waals surface area contributed by atoms with Crippen LogP contribution in [0.1, 0.15) is 26.6 Å². The molecule has 0 fully saturated rings. The number of nitrogens with two attached hydrogens (primary N) is 1. The van der Waals surface area contributed by atoms with Gasteiger partial charge in [-0.15, -0.1) is 0 Å². The van der Waals surface area contributed by atoms with E-state index < -0.39 is 0 Å². The van der Waals surface area contributed by atoms with E-state index in [0.29, 0.717) is 28.6 Å². The van der Waals surface area contributed by atoms with Crippen LogP contribution in [0.15, 0.2) is 0 Å². The summed E-state index contributed by atoms with van der Waals surface area (Å²) in [6.45, 7) is 7.72. The first-order valence-electron chi connectivity index (χ1n) is 5.44. The van der Waals surface area contributed by atoms with Crippen molar-refractivity contribution in [2.24, 2.45) is 7.05 Å². The van der Waals surface area contributed by atoms with Gasteiger partial charge in [0.05, 0.1) is 0 Å². The second-order valence-corrected chi connectivity index (χ2v) is 5.00. The third-order valence-electron chi connectivity index (χ3n) is 2.17. The van der Waals surface area contributed by atoms with Crippen molar-refractivity contribution >= 4 is 16.9 Å². The smallest absolute Gasteiger partial charge is 0.239 e. The van der Waals surface area contributed by atoms with Crippen molar-refractivity contribution < 1.29 is 4.74 Å². The van der Waals surface area contributed by atoms with Crippen molar-refractivity contribution in [2.75, 3.05) is 5.73 Å². The summed E-state index contributed by atoms with van der Waals surface area (Å²) in [6.07, 6.45) is 0. The Morgan fingerprint density at radius 1 is 1.18 bits per heavy atom. The van der Waals surface area contributed by atoms with Crippen LogP contribution in [0.4, 0.5) is 5.82 Å². The Hall–Kier alpha value is -1.85. The number of aromatic nitrogens is 4. The number of ether oxygens (including phenoxy) is 1. The predicted octanol–water partition coefficient (Wildman–Crippen LogP) is 1.43. The monoisotopic (exact) mass is 235 g/mol. The molecule has 0 saturated heterocycles. The molecule has 92 valence electrons. The molecule has 0 saturated carbocycles. The second kappa shape index (κ2) is 3.58. The summed E-state index contributed by atoms with van der Waals surface area (Å²) in [5.41, 5.74) is 6.75. The quantitative estimate of drug-likeness (QED) is 0.809. The molecule has 0 bridgehead atoms. The molecule has 0 spiro atoms. The molecule has 0 atom stereocenters. The predicted molar refractivity (Wildman–Crippen MR) is 65.8 cm³/mol. The van der Waals surface area contributed by atoms with Crippen molar-refractivity contribution in [3.63, 3.8) is 0 Å². The van der Waals surface area contributed by atoms with Gasteiger partial charge in [-0.05, 0) is 27.7 Å². The lowest BCUT2D eigenvalue weighted by atomic mass is 10.2. The fourth-order valence-corrected chi connectivity index (χ4v) is 1.59. The number of aryl methyl sites for hydroxylation is 2. The largest absolute Gasteiger partial charge is 0.471 e. The molecular weight excluding hydrogens is 218 g/mol. The van der Waals surface area contributed by atoms with Gasteiger partial charge >= 0.3 is 0 Å². The zero-order valence-electron chi connectivity index (χ0n) is 10.8. The number of hydrogen-bond donors (Lipinski definition) is 1. The fraction of sp³-hybridized carbons (Fsp3) is 0.545. The summed E-state index contributed by atoms with van der Waals surface area (Å²) in [5.74, 6) is 1.61. The fourth-order valence-electron chi connectivity index (χ4n) is 1.59. The topological polar surface area (TPSA) is 78.8 Å². The maximum absolute atomic E-state index is 5.85. The molecule has 6 heteroatoms. The molecule has 0 unspecified atom stereocenters. The van der Waals surface area contributed by atoms with E-state index in [4.69, 9.17) is 10.5 Å². The van der Waals surface area contributed by atoms with E-state index in [-0.39, 0.29) is 5.60 Å². The number of fused-ring (bicyclic) bond motifs is 1. The zero-order chi connectivity index (χ0) is 12.8. The Balaban J connectivity index is 2.66. The van der Waals surface area contributed by atoms with Gasteiger partial charge in [-0.3, -0.25) is 0 Å². The molecule has 0 aliphatic heterocycles. The van der Waals surface area contributed by atoms with Crippen LogP contribution in [-0.2, 0) is 7.05 Å². The van der Waals surface area contributed by atoms with Gasteiger partial charge < -0.3 is 10.5 Å². The molecule has 0 amide bonds. The number of nitrogen functional groups attached to an aromatic ring is 1. The maximum Gasteiger partial charge on any atom is 0.239 e. The highest BCUT2D eigenvalue weighted by atomic mass is 16.5. The Labute approximate surface area is 99.8 Å². The Bertz CT molecular complexity index is 567. The minimum atomic E-state index is -0.311. The molecule has 2 heterocycles. The average Bonchev–Trinajstić information content (AvgIpc) is 2.43. The Morgan fingerprint density at radius 3 is 2.41 bits per heavy atom. The van der Waals surface area contributed by atoms with Crippen LogP contribution >= 0.6 is 0 Å². The lowest BCUT2D eigenvalue weighted by Gasteiger charge is -2.20. The maximum atomic E-state index is 5.85. The van der Waals surface area contributed by atoms with Gasteiger partial charge in [-0.1, -0.05) is 0 Å². The second-order valence-electron chi connectivity index (χ2n) is 5.00. The summed E-state index contributed by atoms with van der Waals surface area (Å²) >= 11 is 0. The first-order valence-corrected chi connectivity index (χ1v) is 5.44. The molecule has 2 aromatic rings. The Morgan fingerprint density at radius 2 is 1.82 bits per heavy atom. The van der Waals surface area contributed by atoms with Crippen molar-refractivity contribution in [2.45, 2.75) is 33.3 Å². The molecule has 17 heavy (non-hydrogen) atoms. The highest BCUT2D eigenvalue weighted by molar-refractivity contribution is 5.88. The summed E-state index contributed by atoms with van der Waals surface area (Å²) in [5, 5.41) is 4.28. The van der Waals surface area contributed by atoms with Crippen molar-refractivity contribution in [1.29, 1.82) is 0 Å². The lowest BCUT2D eigenvalue weighted by Crippen LogP contribution is -2.24. The van der Waals surface area contributed by atoms with Crippen LogP contribution in [0.3, 0.4) is 0 Å². The standard InChI is InChI=1S/C11H17N5O/c1-6-13-8-7(9(12)14-6)15-16(5)10(8)17-11(2,3)4/h1-5H3,(H2,12,13,14). The summed E-state index contributed by atoms with van der Waals surface area (Å²) in [6, 6.07) is 0. The zero-order valence-corrected chi connectivity index (χ0v) is 10.8. The van der Waals surface area contributed by atoms with Crippen molar-refractivity contribution in [3.8, 4) is 5.88 Å². The molecular formula is C11H17N5O. The molecule has 0 aliphatic carbocycles. The highest BCUT2D eigenvalue weighted by Crippen LogP contribution is 2.28. The van der Waals surface area contributed by atoms with E-state index in [9.17, 15) is 0 Å². The summed E-state index contributed by atoms with van der Waals surface area (Å²) in [7, 11) is 1.80. The normalized spacial score (nSPS) is 12.1. The molecule has 0 aliphatic rings. The first kappa shape index (κ1) is 11.6. The van der Waals surface area contributed by atoms with Crippen LogP contribution in [0.5, 0.6) is 5.88 Å². The Kier molecular flexibility index (Phi) is 2.45. The molecule has 6 nitrogen and oxygen atoms in total. The van der Waals surface area contributed by atoms with E-state index >= 15 is 0 Å². The van der Waals surface area contributed by atoms with Crippen molar-refractivity contribution in [1.82, 2.24) is 19.7 Å². The van der Waals surface area contributed by atoms with Gasteiger partial charge in [0.1, 0.15) is 11.4 Å². The molecule has 2 rings (SSSR count). The first-order chi connectivity index (χ1) is 7.78. The van der Waals surface area contributed by atoms with Crippen LogP contribution < -0.4 is 10.5 Å². The SMILES string of the molecule is Cc1nc(N)c2nn(C)c(OC(C)(C)C)c2n1. The van der Waals surface area contributed by atoms with E-state index in [1.165, 1.54) is 0 Å². The molecule has 2 N–H and O–H groups in total. The number of nitrogens with zero attached hydrogens (tertiary/aromatic N) is 4. The highest BCUT2D eigenvalue weighted by Gasteiger charge is 2.21. The minimum Gasteiger partial charge on any atom is -0.471 e. The van der Waals surface area contributed by atoms with Gasteiger partial charge in [0, 0.05) is 7.05 Å². The summed E-state index contributed by atoms with van der Waals surface area (Å²) in [4.78, 5) is 8.43. The summed E-state index contributed by atoms with van der Waals surface area (Å²) < 4.78 is 7.49. The van der Waals surface area contributed by atoms with Gasteiger partial charge in [0.15, 0.2) is 16.9 Å². The van der Waals surface area contributed by atoms with E-state index in [1.807, 2.05) is 20.8 Å². The van der Waals surface area contributed by atoms with Crippen LogP contribution in [-0.4, -0.2) is 25.3 Å². The van der Waals surface area contributed by atoms with Gasteiger partial charge in [-0.2, -0.15) is 5.10 Å². The number of rotatable bonds is 1. The lowest BCUT2D eigenvalue weighted by molar-refractivity contribution is 0.119. The molecule has 2 aromatic heterocycles. The van der Waals surface area contributed by atoms with E-state index in [1.54, 1.807) is 18.7 Å². The molecule has 0 aromatic carbocycles. The van der Waals surface area contributed by atoms with Crippen molar-refractivity contribution in [3.05, 3.63) is 5.82 Å². The van der Waals surface area contributed by atoms with Gasteiger partial charge in [0.25, 0.3) is 0 Å². The number of hydrogen-bond acceptors (Lipinski definition) is 5.